The van der Waals surface area contributed by atoms with Crippen molar-refractivity contribution < 1.29 is 4.79 Å². The van der Waals surface area contributed by atoms with Crippen LogP contribution < -0.4 is 11.1 Å². The quantitative estimate of drug-likeness (QED) is 0.910. The number of halogens is 1. The van der Waals surface area contributed by atoms with Crippen LogP contribution in [0.3, 0.4) is 0 Å². The molecule has 106 valence electrons. The average Bonchev–Trinajstić information content (AvgIpc) is 2.81. The Morgan fingerprint density at radius 2 is 2.30 bits per heavy atom. The van der Waals surface area contributed by atoms with Gasteiger partial charge in [-0.3, -0.25) is 4.79 Å². The summed E-state index contributed by atoms with van der Waals surface area (Å²) >= 11 is 7.36. The van der Waals surface area contributed by atoms with Crippen LogP contribution in [-0.2, 0) is 11.2 Å². The molecule has 1 unspecified atom stereocenters. The number of nitrogens with two attached hydrogens (primary N) is 1. The van der Waals surface area contributed by atoms with Crippen LogP contribution >= 0.6 is 22.9 Å². The van der Waals surface area contributed by atoms with Crippen molar-refractivity contribution in [2.24, 2.45) is 5.73 Å². The van der Waals surface area contributed by atoms with Crippen molar-refractivity contribution in [1.29, 1.82) is 0 Å². The molecular formula is C14H16ClN3OS. The SMILES string of the molecule is Cc1cc(Cl)ccc1NC(=O)Cc1csc(C(C)N)n1. The topological polar surface area (TPSA) is 68.0 Å². The summed E-state index contributed by atoms with van der Waals surface area (Å²) in [5, 5.41) is 6.23. The van der Waals surface area contributed by atoms with Crippen molar-refractivity contribution >= 4 is 34.5 Å². The first-order valence-corrected chi connectivity index (χ1v) is 7.47. The summed E-state index contributed by atoms with van der Waals surface area (Å²) in [6.45, 7) is 3.78. The van der Waals surface area contributed by atoms with Crippen LogP contribution in [0.2, 0.25) is 5.02 Å². The van der Waals surface area contributed by atoms with E-state index in [1.54, 1.807) is 12.1 Å². The van der Waals surface area contributed by atoms with Crippen molar-refractivity contribution in [3.05, 3.63) is 44.9 Å². The summed E-state index contributed by atoms with van der Waals surface area (Å²) in [5.74, 6) is -0.100. The monoisotopic (exact) mass is 309 g/mol. The minimum atomic E-state index is -0.102. The molecule has 0 bridgehead atoms. The zero-order valence-electron chi connectivity index (χ0n) is 11.3. The lowest BCUT2D eigenvalue weighted by Gasteiger charge is -2.07. The Labute approximate surface area is 127 Å². The predicted molar refractivity (Wildman–Crippen MR) is 83.2 cm³/mol. The first-order valence-electron chi connectivity index (χ1n) is 6.21. The smallest absolute Gasteiger partial charge is 0.230 e. The second kappa shape index (κ2) is 6.35. The summed E-state index contributed by atoms with van der Waals surface area (Å²) in [5.41, 5.74) is 8.19. The Balaban J connectivity index is 2.01. The molecule has 6 heteroatoms. The van der Waals surface area contributed by atoms with E-state index in [1.165, 1.54) is 11.3 Å². The molecule has 4 nitrogen and oxygen atoms in total. The molecule has 0 aliphatic rings. The molecule has 2 rings (SSSR count). The summed E-state index contributed by atoms with van der Waals surface area (Å²) < 4.78 is 0. The molecule has 0 saturated carbocycles. The maximum atomic E-state index is 12.0. The molecule has 0 saturated heterocycles. The van der Waals surface area contributed by atoms with Gasteiger partial charge in [-0.05, 0) is 37.6 Å². The van der Waals surface area contributed by atoms with Gasteiger partial charge in [-0.25, -0.2) is 4.98 Å². The second-order valence-corrected chi connectivity index (χ2v) is 5.98. The van der Waals surface area contributed by atoms with Crippen molar-refractivity contribution in [2.45, 2.75) is 26.3 Å². The highest BCUT2D eigenvalue weighted by Gasteiger charge is 2.11. The van der Waals surface area contributed by atoms with Crippen LogP contribution in [-0.4, -0.2) is 10.9 Å². The lowest BCUT2D eigenvalue weighted by molar-refractivity contribution is -0.115. The maximum absolute atomic E-state index is 12.0. The first-order chi connectivity index (χ1) is 9.45. The Morgan fingerprint density at radius 3 is 2.90 bits per heavy atom. The largest absolute Gasteiger partial charge is 0.326 e. The van der Waals surface area contributed by atoms with Crippen LogP contribution in [0.5, 0.6) is 0 Å². The van der Waals surface area contributed by atoms with Gasteiger partial charge in [0.2, 0.25) is 5.91 Å². The van der Waals surface area contributed by atoms with Crippen molar-refractivity contribution in [3.63, 3.8) is 0 Å². The van der Waals surface area contributed by atoms with Crippen molar-refractivity contribution in [2.75, 3.05) is 5.32 Å². The van der Waals surface area contributed by atoms with Crippen LogP contribution in [0, 0.1) is 6.92 Å². The van der Waals surface area contributed by atoms with Gasteiger partial charge < -0.3 is 11.1 Å². The number of carbonyl (C=O) groups excluding carboxylic acids is 1. The van der Waals surface area contributed by atoms with Gasteiger partial charge in [-0.1, -0.05) is 11.6 Å². The zero-order chi connectivity index (χ0) is 14.7. The molecule has 1 aromatic heterocycles. The number of amides is 1. The molecule has 1 amide bonds. The number of benzene rings is 1. The fourth-order valence-electron chi connectivity index (χ4n) is 1.74. The standard InChI is InChI=1S/C14H16ClN3OS/c1-8-5-10(15)3-4-12(8)18-13(19)6-11-7-20-14(17-11)9(2)16/h3-5,7,9H,6,16H2,1-2H3,(H,18,19). The summed E-state index contributed by atoms with van der Waals surface area (Å²) in [6.07, 6.45) is 0.241. The Kier molecular flexibility index (Phi) is 4.75. The zero-order valence-corrected chi connectivity index (χ0v) is 12.9. The van der Waals surface area contributed by atoms with Gasteiger partial charge in [0.25, 0.3) is 0 Å². The number of carbonyl (C=O) groups is 1. The number of nitrogens with one attached hydrogen (secondary N) is 1. The Hall–Kier alpha value is -1.43. The van der Waals surface area contributed by atoms with Gasteiger partial charge in [0.1, 0.15) is 5.01 Å². The van der Waals surface area contributed by atoms with E-state index in [0.29, 0.717) is 5.02 Å². The molecule has 20 heavy (non-hydrogen) atoms. The van der Waals surface area contributed by atoms with Gasteiger partial charge in [0.05, 0.1) is 18.2 Å². The lowest BCUT2D eigenvalue weighted by atomic mass is 10.2. The summed E-state index contributed by atoms with van der Waals surface area (Å²) in [6, 6.07) is 5.26. The van der Waals surface area contributed by atoms with Crippen molar-refractivity contribution in [3.8, 4) is 0 Å². The minimum absolute atomic E-state index is 0.100. The third-order valence-corrected chi connectivity index (χ3v) is 4.09. The lowest BCUT2D eigenvalue weighted by Crippen LogP contribution is -2.15. The number of anilines is 1. The number of hydrogen-bond acceptors (Lipinski definition) is 4. The van der Waals surface area contributed by atoms with Gasteiger partial charge in [0.15, 0.2) is 0 Å². The molecule has 1 heterocycles. The van der Waals surface area contributed by atoms with Gasteiger partial charge in [0, 0.05) is 16.1 Å². The third-order valence-electron chi connectivity index (χ3n) is 2.76. The van der Waals surface area contributed by atoms with E-state index in [0.717, 1.165) is 22.0 Å². The normalized spacial score (nSPS) is 12.2. The number of nitrogens with zero attached hydrogens (tertiary/aromatic N) is 1. The molecule has 0 aliphatic carbocycles. The Morgan fingerprint density at radius 1 is 1.55 bits per heavy atom. The molecule has 1 aromatic carbocycles. The molecule has 0 spiro atoms. The number of rotatable bonds is 4. The summed E-state index contributed by atoms with van der Waals surface area (Å²) in [7, 11) is 0. The predicted octanol–water partition coefficient (Wildman–Crippen LogP) is 3.31. The third kappa shape index (κ3) is 3.79. The van der Waals surface area contributed by atoms with Crippen LogP contribution in [0.4, 0.5) is 5.69 Å². The molecule has 0 fully saturated rings. The highest BCUT2D eigenvalue weighted by molar-refractivity contribution is 7.09. The second-order valence-electron chi connectivity index (χ2n) is 4.65. The molecule has 0 aliphatic heterocycles. The molecule has 2 aromatic rings. The van der Waals surface area contributed by atoms with E-state index >= 15 is 0 Å². The highest BCUT2D eigenvalue weighted by atomic mass is 35.5. The van der Waals surface area contributed by atoms with Crippen molar-refractivity contribution in [1.82, 2.24) is 4.98 Å². The first kappa shape index (κ1) is 15.0. The number of aromatic nitrogens is 1. The van der Waals surface area contributed by atoms with Gasteiger partial charge >= 0.3 is 0 Å². The van der Waals surface area contributed by atoms with E-state index in [4.69, 9.17) is 17.3 Å². The summed E-state index contributed by atoms with van der Waals surface area (Å²) in [4.78, 5) is 16.3. The van der Waals surface area contributed by atoms with E-state index in [9.17, 15) is 4.79 Å². The number of hydrogen-bond donors (Lipinski definition) is 2. The van der Waals surface area contributed by atoms with Crippen LogP contribution in [0.15, 0.2) is 23.6 Å². The van der Waals surface area contributed by atoms with E-state index in [2.05, 4.69) is 10.3 Å². The molecule has 3 N–H and O–H groups in total. The average molecular weight is 310 g/mol. The van der Waals surface area contributed by atoms with Crippen LogP contribution in [0.1, 0.15) is 29.2 Å². The van der Waals surface area contributed by atoms with E-state index in [-0.39, 0.29) is 18.4 Å². The highest BCUT2D eigenvalue weighted by Crippen LogP contribution is 2.20. The maximum Gasteiger partial charge on any atom is 0.230 e. The molecular weight excluding hydrogens is 294 g/mol. The number of thiazole rings is 1. The number of aryl methyl sites for hydroxylation is 1. The van der Waals surface area contributed by atoms with Crippen LogP contribution in [0.25, 0.3) is 0 Å². The van der Waals surface area contributed by atoms with Gasteiger partial charge in [-0.2, -0.15) is 0 Å². The van der Waals surface area contributed by atoms with Gasteiger partial charge in [-0.15, -0.1) is 11.3 Å². The fraction of sp³-hybridized carbons (Fsp3) is 0.286. The fourth-order valence-corrected chi connectivity index (χ4v) is 2.74. The molecule has 0 radical (unpaired) electrons. The molecule has 1 atom stereocenters. The Bertz CT molecular complexity index is 625. The van der Waals surface area contributed by atoms with E-state index in [1.807, 2.05) is 25.3 Å². The minimum Gasteiger partial charge on any atom is -0.326 e. The van der Waals surface area contributed by atoms with E-state index < -0.39 is 0 Å².